The Hall–Kier alpha value is -1.62. The molecule has 1 aromatic rings. The maximum absolute atomic E-state index is 13.5. The van der Waals surface area contributed by atoms with Crippen molar-refractivity contribution < 1.29 is 23.5 Å². The molecule has 1 rings (SSSR count). The van der Waals surface area contributed by atoms with Crippen molar-refractivity contribution in [3.63, 3.8) is 0 Å². The largest absolute Gasteiger partial charge is 0.465 e. The first-order valence-electron chi connectivity index (χ1n) is 6.63. The van der Waals surface area contributed by atoms with Gasteiger partial charge in [-0.25, -0.2) is 4.39 Å². The maximum Gasteiger partial charge on any atom is 0.323 e. The first kappa shape index (κ1) is 17.4. The van der Waals surface area contributed by atoms with Gasteiger partial charge in [-0.15, -0.1) is 0 Å². The molecule has 0 aliphatic carbocycles. The highest BCUT2D eigenvalue weighted by Gasteiger charge is 2.44. The Balaban J connectivity index is 3.09. The average molecular weight is 317 g/mol. The minimum absolute atomic E-state index is 0.0206. The van der Waals surface area contributed by atoms with Crippen LogP contribution >= 0.6 is 11.6 Å². The average Bonchev–Trinajstić information content (AvgIpc) is 2.43. The molecule has 0 aliphatic rings. The Morgan fingerprint density at radius 3 is 2.14 bits per heavy atom. The lowest BCUT2D eigenvalue weighted by molar-refractivity contribution is -0.170. The normalized spacial score (nSPS) is 11.1. The number of hydrogen-bond donors (Lipinski definition) is 0. The fourth-order valence-electron chi connectivity index (χ4n) is 1.87. The molecule has 0 unspecified atom stereocenters. The van der Waals surface area contributed by atoms with Crippen molar-refractivity contribution in [2.75, 3.05) is 13.2 Å². The highest BCUT2D eigenvalue weighted by Crippen LogP contribution is 2.28. The third-order valence-corrected chi connectivity index (χ3v) is 3.30. The second-order valence-electron chi connectivity index (χ2n) is 4.70. The van der Waals surface area contributed by atoms with Crippen molar-refractivity contribution in [3.05, 3.63) is 34.6 Å². The second-order valence-corrected chi connectivity index (χ2v) is 5.11. The molecule has 0 aliphatic heterocycles. The van der Waals surface area contributed by atoms with Crippen LogP contribution in [0.1, 0.15) is 26.3 Å². The van der Waals surface area contributed by atoms with E-state index in [1.54, 1.807) is 19.9 Å². The van der Waals surface area contributed by atoms with E-state index in [-0.39, 0.29) is 24.7 Å². The van der Waals surface area contributed by atoms with E-state index < -0.39 is 23.2 Å². The van der Waals surface area contributed by atoms with E-state index >= 15 is 0 Å². The van der Waals surface area contributed by atoms with E-state index in [1.165, 1.54) is 19.1 Å². The summed E-state index contributed by atoms with van der Waals surface area (Å²) in [6, 6.07) is 4.13. The molecule has 21 heavy (non-hydrogen) atoms. The quantitative estimate of drug-likeness (QED) is 0.597. The molecule has 0 atom stereocenters. The van der Waals surface area contributed by atoms with Crippen LogP contribution in [0.5, 0.6) is 0 Å². The standard InChI is InChI=1S/C15H18ClFO4/c1-4-20-13(18)15(3,14(19)21-5-2)9-10-6-7-11(16)12(17)8-10/h6-8H,4-5,9H2,1-3H3. The van der Waals surface area contributed by atoms with Crippen LogP contribution in [0.2, 0.25) is 5.02 Å². The van der Waals surface area contributed by atoms with E-state index in [4.69, 9.17) is 21.1 Å². The topological polar surface area (TPSA) is 52.6 Å². The number of rotatable bonds is 6. The lowest BCUT2D eigenvalue weighted by Crippen LogP contribution is -2.41. The molecule has 116 valence electrons. The van der Waals surface area contributed by atoms with Gasteiger partial charge in [0.2, 0.25) is 0 Å². The van der Waals surface area contributed by atoms with Crippen LogP contribution in [-0.2, 0) is 25.5 Å². The summed E-state index contributed by atoms with van der Waals surface area (Å²) in [6.45, 7) is 5.00. The van der Waals surface area contributed by atoms with Gasteiger partial charge >= 0.3 is 11.9 Å². The second kappa shape index (κ2) is 7.41. The van der Waals surface area contributed by atoms with Gasteiger partial charge in [-0.2, -0.15) is 0 Å². The van der Waals surface area contributed by atoms with E-state index in [0.717, 1.165) is 0 Å². The van der Waals surface area contributed by atoms with Crippen LogP contribution in [-0.4, -0.2) is 25.2 Å². The molecule has 0 fully saturated rings. The van der Waals surface area contributed by atoms with Gasteiger partial charge in [-0.3, -0.25) is 9.59 Å². The van der Waals surface area contributed by atoms with E-state index in [2.05, 4.69) is 0 Å². The van der Waals surface area contributed by atoms with Gasteiger partial charge in [0.1, 0.15) is 5.82 Å². The number of halogens is 2. The van der Waals surface area contributed by atoms with Crippen LogP contribution in [0.15, 0.2) is 18.2 Å². The molecule has 1 aromatic carbocycles. The molecular formula is C15H18ClFO4. The maximum atomic E-state index is 13.5. The molecule has 4 nitrogen and oxygen atoms in total. The zero-order chi connectivity index (χ0) is 16.0. The van der Waals surface area contributed by atoms with Crippen LogP contribution in [0.3, 0.4) is 0 Å². The molecule has 0 spiro atoms. The van der Waals surface area contributed by atoms with E-state index in [0.29, 0.717) is 5.56 Å². The van der Waals surface area contributed by atoms with Gasteiger partial charge < -0.3 is 9.47 Å². The van der Waals surface area contributed by atoms with Crippen LogP contribution in [0.4, 0.5) is 4.39 Å². The summed E-state index contributed by atoms with van der Waals surface area (Å²) in [7, 11) is 0. The first-order valence-corrected chi connectivity index (χ1v) is 7.01. The van der Waals surface area contributed by atoms with Gasteiger partial charge in [0.25, 0.3) is 0 Å². The summed E-state index contributed by atoms with van der Waals surface area (Å²) < 4.78 is 23.4. The molecule has 0 saturated heterocycles. The van der Waals surface area contributed by atoms with E-state index in [9.17, 15) is 14.0 Å². The van der Waals surface area contributed by atoms with Gasteiger partial charge in [0.05, 0.1) is 18.2 Å². The highest BCUT2D eigenvalue weighted by molar-refractivity contribution is 6.30. The molecule has 0 aromatic heterocycles. The van der Waals surface area contributed by atoms with Gasteiger partial charge in [0.15, 0.2) is 5.41 Å². The molecule has 0 bridgehead atoms. The van der Waals surface area contributed by atoms with Crippen molar-refractivity contribution in [2.24, 2.45) is 5.41 Å². The Kier molecular flexibility index (Phi) is 6.15. The number of esters is 2. The minimum Gasteiger partial charge on any atom is -0.465 e. The Morgan fingerprint density at radius 2 is 1.71 bits per heavy atom. The molecule has 6 heteroatoms. The third kappa shape index (κ3) is 4.17. The van der Waals surface area contributed by atoms with Gasteiger partial charge in [-0.05, 0) is 44.9 Å². The number of carbonyl (C=O) groups is 2. The van der Waals surface area contributed by atoms with Crippen LogP contribution in [0.25, 0.3) is 0 Å². The molecule has 0 heterocycles. The van der Waals surface area contributed by atoms with Gasteiger partial charge in [0, 0.05) is 0 Å². The smallest absolute Gasteiger partial charge is 0.323 e. The third-order valence-electron chi connectivity index (χ3n) is 2.99. The molecular weight excluding hydrogens is 299 g/mol. The number of hydrogen-bond acceptors (Lipinski definition) is 4. The lowest BCUT2D eigenvalue weighted by atomic mass is 9.83. The predicted octanol–water partition coefficient (Wildman–Crippen LogP) is 3.15. The molecule has 0 N–H and O–H groups in total. The zero-order valence-electron chi connectivity index (χ0n) is 12.2. The van der Waals surface area contributed by atoms with Crippen LogP contribution < -0.4 is 0 Å². The number of benzene rings is 1. The fourth-order valence-corrected chi connectivity index (χ4v) is 1.98. The van der Waals surface area contributed by atoms with Crippen molar-refractivity contribution in [3.8, 4) is 0 Å². The molecule has 0 amide bonds. The number of ether oxygens (including phenoxy) is 2. The summed E-state index contributed by atoms with van der Waals surface area (Å²) in [5.74, 6) is -2.00. The summed E-state index contributed by atoms with van der Waals surface area (Å²) in [4.78, 5) is 24.2. The predicted molar refractivity (Wildman–Crippen MR) is 76.5 cm³/mol. The van der Waals surface area contributed by atoms with Crippen molar-refractivity contribution >= 4 is 23.5 Å². The van der Waals surface area contributed by atoms with Crippen molar-refractivity contribution in [2.45, 2.75) is 27.2 Å². The number of carbonyl (C=O) groups excluding carboxylic acids is 2. The fraction of sp³-hybridized carbons (Fsp3) is 0.467. The SMILES string of the molecule is CCOC(=O)C(C)(Cc1ccc(Cl)c(F)c1)C(=O)OCC. The highest BCUT2D eigenvalue weighted by atomic mass is 35.5. The Bertz CT molecular complexity index is 512. The minimum atomic E-state index is -1.52. The Morgan fingerprint density at radius 1 is 1.19 bits per heavy atom. The zero-order valence-corrected chi connectivity index (χ0v) is 13.0. The van der Waals surface area contributed by atoms with Gasteiger partial charge in [-0.1, -0.05) is 17.7 Å². The molecule has 0 radical (unpaired) electrons. The van der Waals surface area contributed by atoms with Crippen molar-refractivity contribution in [1.29, 1.82) is 0 Å². The first-order chi connectivity index (χ1) is 9.85. The summed E-state index contributed by atoms with van der Waals surface area (Å²) >= 11 is 5.62. The molecule has 0 saturated carbocycles. The summed E-state index contributed by atoms with van der Waals surface area (Å²) in [5.41, 5.74) is -1.06. The summed E-state index contributed by atoms with van der Waals surface area (Å²) in [6.07, 6.45) is -0.0290. The van der Waals surface area contributed by atoms with E-state index in [1.807, 2.05) is 0 Å². The Labute approximate surface area is 128 Å². The van der Waals surface area contributed by atoms with Crippen LogP contribution in [0, 0.1) is 11.2 Å². The summed E-state index contributed by atoms with van der Waals surface area (Å²) in [5, 5.41) is -0.0206. The monoisotopic (exact) mass is 316 g/mol. The van der Waals surface area contributed by atoms with Crippen molar-refractivity contribution in [1.82, 2.24) is 0 Å². The lowest BCUT2D eigenvalue weighted by Gasteiger charge is -2.25.